The van der Waals surface area contributed by atoms with Crippen molar-refractivity contribution in [3.8, 4) is 5.88 Å². The lowest BCUT2D eigenvalue weighted by molar-refractivity contribution is -0.216. The fourth-order valence-corrected chi connectivity index (χ4v) is 6.73. The quantitative estimate of drug-likeness (QED) is 0.267. The van der Waals surface area contributed by atoms with Crippen molar-refractivity contribution in [3.05, 3.63) is 57.5 Å². The van der Waals surface area contributed by atoms with Gasteiger partial charge in [0.1, 0.15) is 11.9 Å². The summed E-state index contributed by atoms with van der Waals surface area (Å²) < 4.78 is 124. The molecule has 2 aliphatic heterocycles. The number of alkyl halides is 6. The number of rotatable bonds is 7. The minimum absolute atomic E-state index is 0.0460. The van der Waals surface area contributed by atoms with Crippen LogP contribution in [-0.4, -0.2) is 65.3 Å². The molecule has 2 bridgehead atoms. The molecule has 3 heterocycles. The summed E-state index contributed by atoms with van der Waals surface area (Å²) in [5.41, 5.74) is -1.40. The van der Waals surface area contributed by atoms with E-state index in [0.29, 0.717) is 56.4 Å². The highest BCUT2D eigenvalue weighted by Crippen LogP contribution is 2.46. The first kappa shape index (κ1) is 33.2. The Hall–Kier alpha value is -3.18. The first-order valence-electron chi connectivity index (χ1n) is 13.6. The number of nitrogens with zero attached hydrogens (tertiary/aromatic N) is 3. The van der Waals surface area contributed by atoms with Crippen LogP contribution in [0.2, 0.25) is 5.02 Å². The van der Waals surface area contributed by atoms with E-state index in [1.54, 1.807) is 0 Å². The summed E-state index contributed by atoms with van der Waals surface area (Å²) in [7, 11) is -4.95. The Labute approximate surface area is 257 Å². The topological polar surface area (TPSA) is 106 Å². The minimum atomic E-state index is -5.65. The maximum Gasteiger partial charge on any atom is 0.493 e. The number of halogens is 8. The van der Waals surface area contributed by atoms with Gasteiger partial charge in [-0.2, -0.15) is 26.3 Å². The molecule has 0 spiro atoms. The number of sulfonamides is 1. The number of hydroxylamine groups is 1. The number of piperidine rings is 1. The van der Waals surface area contributed by atoms with E-state index in [2.05, 4.69) is 9.82 Å². The lowest BCUT2D eigenvalue weighted by atomic mass is 9.93. The second kappa shape index (κ2) is 11.9. The molecule has 0 radical (unpaired) electrons. The van der Waals surface area contributed by atoms with E-state index >= 15 is 4.39 Å². The highest BCUT2D eigenvalue weighted by Gasteiger charge is 2.47. The number of hydrogen-bond acceptors (Lipinski definition) is 8. The van der Waals surface area contributed by atoms with Gasteiger partial charge in [0.25, 0.3) is 10.0 Å². The number of fused-ring (bicyclic) bond motifs is 2. The molecule has 3 fully saturated rings. The van der Waals surface area contributed by atoms with Gasteiger partial charge in [0, 0.05) is 24.7 Å². The molecular weight excluding hydrogens is 663 g/mol. The van der Waals surface area contributed by atoms with Gasteiger partial charge in [-0.1, -0.05) is 22.1 Å². The number of aromatic nitrogens is 1. The molecule has 2 aromatic rings. The van der Waals surface area contributed by atoms with Crippen molar-refractivity contribution in [2.45, 2.75) is 81.5 Å². The molecule has 1 aromatic carbocycles. The maximum atomic E-state index is 15.4. The summed E-state index contributed by atoms with van der Waals surface area (Å²) >= 11 is 5.64. The van der Waals surface area contributed by atoms with E-state index < -0.39 is 66.8 Å². The van der Waals surface area contributed by atoms with Crippen LogP contribution < -0.4 is 4.74 Å². The largest absolute Gasteiger partial charge is 0.493 e. The van der Waals surface area contributed by atoms with Crippen molar-refractivity contribution in [2.75, 3.05) is 6.26 Å². The number of hydrogen-bond donors (Lipinski definition) is 0. The van der Waals surface area contributed by atoms with Gasteiger partial charge in [-0.25, -0.2) is 22.6 Å². The Morgan fingerprint density at radius 2 is 1.69 bits per heavy atom. The van der Waals surface area contributed by atoms with Crippen LogP contribution >= 0.6 is 11.6 Å². The molecule has 18 heteroatoms. The third kappa shape index (κ3) is 7.14. The molecule has 1 aliphatic carbocycles. The number of pyridine rings is 1. The van der Waals surface area contributed by atoms with Crippen LogP contribution in [0.3, 0.4) is 0 Å². The van der Waals surface area contributed by atoms with E-state index in [0.717, 1.165) is 12.3 Å². The van der Waals surface area contributed by atoms with Gasteiger partial charge in [0.15, 0.2) is 0 Å². The average Bonchev–Trinajstić information content (AvgIpc) is 3.72. The molecule has 2 unspecified atom stereocenters. The van der Waals surface area contributed by atoms with Crippen molar-refractivity contribution in [2.24, 2.45) is 0 Å². The number of amides is 1. The van der Waals surface area contributed by atoms with Crippen LogP contribution in [0.4, 0.5) is 30.7 Å². The number of carbonyl (C=O) groups excluding carboxylic acids is 2. The summed E-state index contributed by atoms with van der Waals surface area (Å²) in [6.45, 7) is -0.102. The number of carbonyl (C=O) groups is 2. The molecule has 246 valence electrons. The summed E-state index contributed by atoms with van der Waals surface area (Å²) in [4.78, 5) is 34.6. The van der Waals surface area contributed by atoms with Crippen LogP contribution in [0.1, 0.15) is 71.5 Å². The van der Waals surface area contributed by atoms with Crippen molar-refractivity contribution in [3.63, 3.8) is 0 Å². The predicted octanol–water partition coefficient (Wildman–Crippen LogP) is 5.77. The number of benzene rings is 1. The van der Waals surface area contributed by atoms with Crippen LogP contribution in [0, 0.1) is 5.82 Å². The van der Waals surface area contributed by atoms with Gasteiger partial charge < -0.3 is 9.57 Å². The second-order valence-electron chi connectivity index (χ2n) is 11.2. The van der Waals surface area contributed by atoms with E-state index in [4.69, 9.17) is 16.3 Å². The van der Waals surface area contributed by atoms with Crippen LogP contribution in [0.15, 0.2) is 24.4 Å². The van der Waals surface area contributed by atoms with Gasteiger partial charge in [0.2, 0.25) is 5.88 Å². The monoisotopic (exact) mass is 687 g/mol. The summed E-state index contributed by atoms with van der Waals surface area (Å²) in [5, 5.41) is -0.584. The van der Waals surface area contributed by atoms with Crippen molar-refractivity contribution in [1.29, 1.82) is 0 Å². The highest BCUT2D eigenvalue weighted by molar-refractivity contribution is 7.88. The Morgan fingerprint density at radius 1 is 1.07 bits per heavy atom. The van der Waals surface area contributed by atoms with Gasteiger partial charge in [-0.05, 0) is 61.6 Å². The van der Waals surface area contributed by atoms with E-state index in [9.17, 15) is 44.3 Å². The van der Waals surface area contributed by atoms with E-state index in [1.807, 2.05) is 4.90 Å². The SMILES string of the molecule is CS(=O)(=O)N(OC(=O)C(F)(F)F)C(=O)c1c(F)ccc(C2CC2)c1CN1C2CCC1CC(Oc1cc(C(F)(F)F)c(Cl)cn1)C2. The zero-order chi connectivity index (χ0) is 33.1. The lowest BCUT2D eigenvalue weighted by Crippen LogP contribution is -2.46. The van der Waals surface area contributed by atoms with E-state index in [1.165, 1.54) is 6.07 Å². The van der Waals surface area contributed by atoms with Gasteiger partial charge in [-0.3, -0.25) is 9.69 Å². The Balaban J connectivity index is 1.42. The summed E-state index contributed by atoms with van der Waals surface area (Å²) in [5.74, 6) is -6.40. The van der Waals surface area contributed by atoms with Crippen molar-refractivity contribution >= 4 is 33.5 Å². The van der Waals surface area contributed by atoms with Gasteiger partial charge in [0.05, 0.1) is 28.6 Å². The molecule has 0 N–H and O–H groups in total. The van der Waals surface area contributed by atoms with Crippen LogP contribution in [0.25, 0.3) is 0 Å². The molecule has 3 aliphatic rings. The average molecular weight is 688 g/mol. The first-order chi connectivity index (χ1) is 20.8. The first-order valence-corrected chi connectivity index (χ1v) is 15.9. The Kier molecular flexibility index (Phi) is 8.76. The Morgan fingerprint density at radius 3 is 2.22 bits per heavy atom. The summed E-state index contributed by atoms with van der Waals surface area (Å²) in [6.07, 6.45) is -6.55. The van der Waals surface area contributed by atoms with E-state index in [-0.39, 0.29) is 36.0 Å². The van der Waals surface area contributed by atoms with Crippen molar-refractivity contribution < 1.29 is 58.3 Å². The van der Waals surface area contributed by atoms with Crippen LogP contribution in [-0.2, 0) is 32.4 Å². The van der Waals surface area contributed by atoms with Crippen LogP contribution in [0.5, 0.6) is 5.88 Å². The Bertz CT molecular complexity index is 1600. The zero-order valence-electron chi connectivity index (χ0n) is 23.3. The zero-order valence-corrected chi connectivity index (χ0v) is 24.9. The third-order valence-electron chi connectivity index (χ3n) is 8.00. The molecule has 1 amide bonds. The second-order valence-corrected chi connectivity index (χ2v) is 13.4. The fraction of sp³-hybridized carbons (Fsp3) is 0.519. The maximum absolute atomic E-state index is 15.4. The fourth-order valence-electron chi connectivity index (χ4n) is 5.93. The molecule has 1 saturated carbocycles. The molecule has 2 atom stereocenters. The molecule has 1 aromatic heterocycles. The highest BCUT2D eigenvalue weighted by atomic mass is 35.5. The molecule has 45 heavy (non-hydrogen) atoms. The summed E-state index contributed by atoms with van der Waals surface area (Å²) in [6, 6.07) is 2.53. The molecule has 5 rings (SSSR count). The normalized spacial score (nSPS) is 22.3. The lowest BCUT2D eigenvalue weighted by Gasteiger charge is -2.39. The van der Waals surface area contributed by atoms with Gasteiger partial charge >= 0.3 is 24.2 Å². The molecule has 9 nitrogen and oxygen atoms in total. The number of ether oxygens (including phenoxy) is 1. The molecule has 2 saturated heterocycles. The molecular formula is C27H25ClF7N3O6S. The minimum Gasteiger partial charge on any atom is -0.474 e. The third-order valence-corrected chi connectivity index (χ3v) is 9.14. The standard InChI is InChI=1S/C27H25ClF7N3O6S/c1-45(41,42)38(44-25(40)27(33,34)35)24(39)23-18(17(13-2-3-13)6-7-21(23)29)12-37-14-4-5-15(37)9-16(8-14)43-22-10-19(26(30,31)32)20(28)11-36-22/h6-7,10-11,13-16H,2-5,8-9,12H2,1H3. The smallest absolute Gasteiger partial charge is 0.474 e. The van der Waals surface area contributed by atoms with Gasteiger partial charge in [-0.15, -0.1) is 0 Å². The predicted molar refractivity (Wildman–Crippen MR) is 142 cm³/mol. The van der Waals surface area contributed by atoms with Crippen molar-refractivity contribution in [1.82, 2.24) is 14.4 Å².